The number of carbonyl (C=O) groups excluding carboxylic acids is 1. The van der Waals surface area contributed by atoms with E-state index in [0.717, 1.165) is 59.7 Å². The maximum absolute atomic E-state index is 13.8. The Balaban J connectivity index is 0. The minimum absolute atomic E-state index is 0. The zero-order valence-electron chi connectivity index (χ0n) is 23.9. The summed E-state index contributed by atoms with van der Waals surface area (Å²) >= 11 is 0. The maximum atomic E-state index is 13.8. The Labute approximate surface area is 219 Å². The van der Waals surface area contributed by atoms with Gasteiger partial charge in [0.1, 0.15) is 5.82 Å². The molecule has 0 bridgehead atoms. The van der Waals surface area contributed by atoms with E-state index in [0.29, 0.717) is 0 Å². The first-order valence-corrected chi connectivity index (χ1v) is 13.2. The Morgan fingerprint density at radius 3 is 2.25 bits per heavy atom. The van der Waals surface area contributed by atoms with E-state index in [2.05, 4.69) is 27.4 Å². The number of aromatic nitrogens is 1. The van der Waals surface area contributed by atoms with Gasteiger partial charge in [-0.3, -0.25) is 9.59 Å². The Morgan fingerprint density at radius 1 is 1.08 bits per heavy atom. The fourth-order valence-electron chi connectivity index (χ4n) is 3.61. The van der Waals surface area contributed by atoms with Gasteiger partial charge in [0.2, 0.25) is 0 Å². The molecule has 0 saturated carbocycles. The Bertz CT molecular complexity index is 1110. The van der Waals surface area contributed by atoms with Crippen LogP contribution in [0.1, 0.15) is 103 Å². The molecule has 0 atom stereocenters. The highest BCUT2D eigenvalue weighted by molar-refractivity contribution is 6.04. The van der Waals surface area contributed by atoms with Crippen molar-refractivity contribution in [2.45, 2.75) is 88.1 Å². The number of hydrogen-bond donors (Lipinski definition) is 0. The van der Waals surface area contributed by atoms with Crippen LogP contribution in [-0.4, -0.2) is 10.4 Å². The van der Waals surface area contributed by atoms with Gasteiger partial charge in [0.15, 0.2) is 11.2 Å². The number of benzene rings is 1. The number of halogens is 1. The van der Waals surface area contributed by atoms with Crippen molar-refractivity contribution in [1.29, 1.82) is 0 Å². The Kier molecular flexibility index (Phi) is 16.0. The molecule has 3 nitrogen and oxygen atoms in total. The van der Waals surface area contributed by atoms with Crippen LogP contribution in [0.2, 0.25) is 0 Å². The Hall–Kier alpha value is -3.01. The van der Waals surface area contributed by atoms with E-state index in [1.165, 1.54) is 18.2 Å². The molecule has 0 fully saturated rings. The van der Waals surface area contributed by atoms with E-state index < -0.39 is 0 Å². The standard InChI is InChI=1S/C24H24FNO2.C4H10.2C2H6.H2/c1-4-17(20-13-19(25)10-9-16(20)3)12-18-8-6-7-11-26-15-21(23(27)5-2)24(28)14-22(18)26;1-4(2)3;2*1-2;/h4-5,9-10,12-15H,2,6-8,11H2,1,3H3;4H,1-3H3;2*1-2H3;1H/b17-4-,18-12+;;;;. The molecule has 0 radical (unpaired) electrons. The summed E-state index contributed by atoms with van der Waals surface area (Å²) in [5.41, 5.74) is 4.43. The monoisotopic (exact) mass is 497 g/mol. The molecule has 4 heteroatoms. The minimum Gasteiger partial charge on any atom is -0.347 e. The predicted molar refractivity (Wildman–Crippen MR) is 157 cm³/mol. The van der Waals surface area contributed by atoms with E-state index >= 15 is 0 Å². The normalized spacial score (nSPS) is 13.6. The van der Waals surface area contributed by atoms with Gasteiger partial charge in [0.25, 0.3) is 0 Å². The molecule has 0 spiro atoms. The van der Waals surface area contributed by atoms with Crippen LogP contribution in [0.5, 0.6) is 0 Å². The molecule has 1 aliphatic rings. The van der Waals surface area contributed by atoms with Gasteiger partial charge < -0.3 is 4.57 Å². The molecule has 0 aliphatic carbocycles. The van der Waals surface area contributed by atoms with Crippen molar-refractivity contribution in [3.05, 3.63) is 93.7 Å². The van der Waals surface area contributed by atoms with Gasteiger partial charge in [-0.15, -0.1) is 0 Å². The molecular weight excluding hydrogens is 449 g/mol. The van der Waals surface area contributed by atoms with Gasteiger partial charge >= 0.3 is 0 Å². The molecule has 0 saturated heterocycles. The summed E-state index contributed by atoms with van der Waals surface area (Å²) in [7, 11) is 0. The lowest BCUT2D eigenvalue weighted by Gasteiger charge is -2.15. The van der Waals surface area contributed by atoms with Crippen LogP contribution in [0.4, 0.5) is 4.39 Å². The van der Waals surface area contributed by atoms with Gasteiger partial charge in [-0.1, -0.05) is 67.2 Å². The quantitative estimate of drug-likeness (QED) is 0.312. The van der Waals surface area contributed by atoms with Crippen molar-refractivity contribution >= 4 is 16.9 Å². The molecule has 1 aliphatic heterocycles. The summed E-state index contributed by atoms with van der Waals surface area (Å²) in [6, 6.07) is 6.31. The highest BCUT2D eigenvalue weighted by Gasteiger charge is 2.17. The van der Waals surface area contributed by atoms with Crippen LogP contribution < -0.4 is 5.43 Å². The third kappa shape index (κ3) is 9.93. The lowest BCUT2D eigenvalue weighted by atomic mass is 9.95. The largest absolute Gasteiger partial charge is 0.347 e. The first-order chi connectivity index (χ1) is 17.2. The molecule has 1 aromatic carbocycles. The molecule has 0 N–H and O–H groups in total. The van der Waals surface area contributed by atoms with Crippen molar-refractivity contribution in [3.8, 4) is 0 Å². The van der Waals surface area contributed by atoms with Crippen molar-refractivity contribution in [3.63, 3.8) is 0 Å². The van der Waals surface area contributed by atoms with Gasteiger partial charge in [-0.2, -0.15) is 0 Å². The lowest BCUT2D eigenvalue weighted by molar-refractivity contribution is 0.104. The fourth-order valence-corrected chi connectivity index (χ4v) is 3.61. The molecule has 3 rings (SSSR count). The summed E-state index contributed by atoms with van der Waals surface area (Å²) in [6.45, 7) is 22.6. The van der Waals surface area contributed by atoms with Crippen molar-refractivity contribution < 1.29 is 10.6 Å². The fraction of sp³-hybridized carbons (Fsp3) is 0.438. The molecule has 2 aromatic rings. The van der Waals surface area contributed by atoms with Crippen molar-refractivity contribution in [2.75, 3.05) is 0 Å². The molecule has 36 heavy (non-hydrogen) atoms. The van der Waals surface area contributed by atoms with Crippen molar-refractivity contribution in [2.24, 2.45) is 5.92 Å². The number of nitrogens with zero attached hydrogens (tertiary/aromatic N) is 1. The summed E-state index contributed by atoms with van der Waals surface area (Å²) in [5.74, 6) is 0.197. The number of allylic oxidation sites excluding steroid dienone is 5. The summed E-state index contributed by atoms with van der Waals surface area (Å²) in [6.07, 6.45) is 9.56. The molecule has 200 valence electrons. The number of pyridine rings is 1. The third-order valence-electron chi connectivity index (χ3n) is 5.15. The number of aryl methyl sites for hydroxylation is 2. The maximum Gasteiger partial charge on any atom is 0.193 e. The van der Waals surface area contributed by atoms with Crippen LogP contribution in [0.3, 0.4) is 0 Å². The highest BCUT2D eigenvalue weighted by atomic mass is 19.1. The van der Waals surface area contributed by atoms with E-state index in [4.69, 9.17) is 0 Å². The summed E-state index contributed by atoms with van der Waals surface area (Å²) in [5, 5.41) is 0. The molecule has 1 aromatic heterocycles. The van der Waals surface area contributed by atoms with Crippen molar-refractivity contribution in [1.82, 2.24) is 4.57 Å². The number of carbonyl (C=O) groups is 1. The first-order valence-electron chi connectivity index (χ1n) is 13.2. The van der Waals surface area contributed by atoms with Crippen LogP contribution in [-0.2, 0) is 6.54 Å². The van der Waals surface area contributed by atoms with Gasteiger partial charge in [0.05, 0.1) is 5.56 Å². The topological polar surface area (TPSA) is 39.1 Å². The smallest absolute Gasteiger partial charge is 0.193 e. The van der Waals surface area contributed by atoms with Crippen LogP contribution in [0.15, 0.2) is 60.1 Å². The zero-order chi connectivity index (χ0) is 27.8. The van der Waals surface area contributed by atoms with Gasteiger partial charge in [0, 0.05) is 25.9 Å². The van der Waals surface area contributed by atoms with E-state index in [-0.39, 0.29) is 24.0 Å². The Morgan fingerprint density at radius 2 is 1.69 bits per heavy atom. The van der Waals surface area contributed by atoms with E-state index in [9.17, 15) is 14.0 Å². The second-order valence-electron chi connectivity index (χ2n) is 8.76. The molecule has 0 unspecified atom stereocenters. The number of fused-ring (bicyclic) bond motifs is 1. The number of ketones is 1. The first kappa shape index (κ1) is 33.0. The third-order valence-corrected chi connectivity index (χ3v) is 5.15. The second kappa shape index (κ2) is 17.4. The van der Waals surface area contributed by atoms with Gasteiger partial charge in [-0.05, 0) is 85.6 Å². The second-order valence-corrected chi connectivity index (χ2v) is 8.76. The summed E-state index contributed by atoms with van der Waals surface area (Å²) < 4.78 is 15.8. The number of hydrogen-bond acceptors (Lipinski definition) is 2. The van der Waals surface area contributed by atoms with Crippen LogP contribution in [0, 0.1) is 18.7 Å². The van der Waals surface area contributed by atoms with E-state index in [1.54, 1.807) is 18.3 Å². The number of rotatable bonds is 4. The average Bonchev–Trinajstić information content (AvgIpc) is 3.06. The van der Waals surface area contributed by atoms with Crippen LogP contribution >= 0.6 is 0 Å². The van der Waals surface area contributed by atoms with Gasteiger partial charge in [-0.25, -0.2) is 4.39 Å². The molecule has 0 amide bonds. The lowest BCUT2D eigenvalue weighted by Crippen LogP contribution is -2.18. The summed E-state index contributed by atoms with van der Waals surface area (Å²) in [4.78, 5) is 24.5. The van der Waals surface area contributed by atoms with E-state index in [1.807, 2.05) is 58.3 Å². The average molecular weight is 498 g/mol. The highest BCUT2D eigenvalue weighted by Crippen LogP contribution is 2.30. The zero-order valence-corrected chi connectivity index (χ0v) is 23.9. The molecule has 2 heterocycles. The predicted octanol–water partition coefficient (Wildman–Crippen LogP) is 9.30. The minimum atomic E-state index is -0.361. The van der Waals surface area contributed by atoms with Crippen LogP contribution in [0.25, 0.3) is 11.1 Å². The molecular formula is C32H48FNO2. The SMILES string of the molecule is C=CC(=O)c1cn2c(cc1=O)/C(=C/C(=C/C)c1cc(F)ccc1C)CCCC2.CC.CC.CC(C)C.[HH].